The van der Waals surface area contributed by atoms with Crippen LogP contribution in [0.5, 0.6) is 0 Å². The van der Waals surface area contributed by atoms with Crippen molar-refractivity contribution in [3.05, 3.63) is 23.0 Å². The number of aryl methyl sites for hydroxylation is 3. The molecule has 2 aromatic heterocycles. The summed E-state index contributed by atoms with van der Waals surface area (Å²) < 4.78 is 1.67. The number of aliphatic carboxylic acids is 1. The van der Waals surface area contributed by atoms with E-state index in [4.69, 9.17) is 5.11 Å². The largest absolute Gasteiger partial charge is 0.481 e. The van der Waals surface area contributed by atoms with Crippen LogP contribution < -0.4 is 0 Å². The highest BCUT2D eigenvalue weighted by atomic mass is 16.4. The second-order valence-electron chi connectivity index (χ2n) is 5.44. The van der Waals surface area contributed by atoms with E-state index in [0.717, 1.165) is 16.8 Å². The molecule has 118 valence electrons. The fraction of sp³-hybridized carbons (Fsp3) is 0.467. The highest BCUT2D eigenvalue weighted by Gasteiger charge is 2.20. The molecular weight excluding hydrogens is 284 g/mol. The predicted molar refractivity (Wildman–Crippen MR) is 81.8 cm³/mol. The van der Waals surface area contributed by atoms with Gasteiger partial charge in [0.2, 0.25) is 0 Å². The fourth-order valence-electron chi connectivity index (χ4n) is 2.51. The Morgan fingerprint density at radius 1 is 1.36 bits per heavy atom. The van der Waals surface area contributed by atoms with Gasteiger partial charge in [0.15, 0.2) is 5.65 Å². The van der Waals surface area contributed by atoms with Crippen LogP contribution in [0.1, 0.15) is 34.6 Å². The molecule has 0 aliphatic carbocycles. The van der Waals surface area contributed by atoms with Crippen molar-refractivity contribution in [3.8, 4) is 0 Å². The normalized spacial score (nSPS) is 10.9. The van der Waals surface area contributed by atoms with E-state index in [1.54, 1.807) is 29.7 Å². The lowest BCUT2D eigenvalue weighted by Gasteiger charge is -2.17. The summed E-state index contributed by atoms with van der Waals surface area (Å²) in [6, 6.07) is 1.76. The van der Waals surface area contributed by atoms with E-state index in [0.29, 0.717) is 24.2 Å². The van der Waals surface area contributed by atoms with Crippen molar-refractivity contribution < 1.29 is 14.7 Å². The molecule has 1 amide bonds. The highest BCUT2D eigenvalue weighted by molar-refractivity contribution is 6.06. The van der Waals surface area contributed by atoms with Crippen LogP contribution in [0.25, 0.3) is 11.0 Å². The molecule has 0 aromatic carbocycles. The third kappa shape index (κ3) is 3.08. The van der Waals surface area contributed by atoms with Gasteiger partial charge in [0, 0.05) is 32.8 Å². The number of carboxylic acid groups (broad SMARTS) is 1. The van der Waals surface area contributed by atoms with Gasteiger partial charge in [-0.15, -0.1) is 0 Å². The van der Waals surface area contributed by atoms with Crippen LogP contribution in [0, 0.1) is 13.8 Å². The lowest BCUT2D eigenvalue weighted by Crippen LogP contribution is -2.28. The minimum atomic E-state index is -0.855. The quantitative estimate of drug-likeness (QED) is 0.904. The maximum absolute atomic E-state index is 12.7. The lowest BCUT2D eigenvalue weighted by atomic mass is 10.1. The molecule has 2 aromatic rings. The Hall–Kier alpha value is -2.44. The molecule has 0 saturated heterocycles. The number of carbonyl (C=O) groups excluding carboxylic acids is 1. The molecule has 7 heteroatoms. The van der Waals surface area contributed by atoms with E-state index < -0.39 is 5.97 Å². The minimum absolute atomic E-state index is 0.0499. The number of carboxylic acids is 1. The maximum Gasteiger partial charge on any atom is 0.303 e. The van der Waals surface area contributed by atoms with E-state index >= 15 is 0 Å². The van der Waals surface area contributed by atoms with Crippen LogP contribution >= 0.6 is 0 Å². The Morgan fingerprint density at radius 3 is 2.68 bits per heavy atom. The first-order chi connectivity index (χ1) is 10.3. The molecule has 0 fully saturated rings. The van der Waals surface area contributed by atoms with Crippen LogP contribution in [0.4, 0.5) is 0 Å². The summed E-state index contributed by atoms with van der Waals surface area (Å²) in [4.78, 5) is 29.2. The maximum atomic E-state index is 12.7. The molecule has 0 spiro atoms. The standard InChI is InChI=1S/C15H20N4O3/c1-9-8-11(13-10(2)17-19(4)14(13)16-9)15(22)18(3)7-5-6-12(20)21/h8H,5-7H2,1-4H3,(H,20,21). The summed E-state index contributed by atoms with van der Waals surface area (Å²) in [5.41, 5.74) is 2.75. The average molecular weight is 304 g/mol. The molecule has 1 N–H and O–H groups in total. The second-order valence-corrected chi connectivity index (χ2v) is 5.44. The van der Waals surface area contributed by atoms with E-state index in [-0.39, 0.29) is 12.3 Å². The molecule has 0 bridgehead atoms. The van der Waals surface area contributed by atoms with Crippen LogP contribution in [-0.4, -0.2) is 50.2 Å². The number of rotatable bonds is 5. The zero-order valence-corrected chi connectivity index (χ0v) is 13.3. The topological polar surface area (TPSA) is 88.3 Å². The summed E-state index contributed by atoms with van der Waals surface area (Å²) in [5, 5.41) is 13.8. The second kappa shape index (κ2) is 6.13. The molecule has 0 aliphatic rings. The molecular formula is C15H20N4O3. The first-order valence-corrected chi connectivity index (χ1v) is 7.09. The highest BCUT2D eigenvalue weighted by Crippen LogP contribution is 2.22. The van der Waals surface area contributed by atoms with Gasteiger partial charge in [-0.1, -0.05) is 0 Å². The average Bonchev–Trinajstić information content (AvgIpc) is 2.71. The summed E-state index contributed by atoms with van der Waals surface area (Å²) in [6.07, 6.45) is 0.477. The Bertz CT molecular complexity index is 736. The van der Waals surface area contributed by atoms with E-state index in [1.807, 2.05) is 13.8 Å². The van der Waals surface area contributed by atoms with Crippen molar-refractivity contribution >= 4 is 22.9 Å². The van der Waals surface area contributed by atoms with Crippen molar-refractivity contribution in [2.24, 2.45) is 7.05 Å². The number of aromatic nitrogens is 3. The van der Waals surface area contributed by atoms with Gasteiger partial charge < -0.3 is 10.0 Å². The van der Waals surface area contributed by atoms with Crippen molar-refractivity contribution in [2.75, 3.05) is 13.6 Å². The van der Waals surface area contributed by atoms with Crippen LogP contribution in [0.15, 0.2) is 6.07 Å². The molecule has 0 saturated carbocycles. The monoisotopic (exact) mass is 304 g/mol. The molecule has 7 nitrogen and oxygen atoms in total. The number of hydrogen-bond donors (Lipinski definition) is 1. The predicted octanol–water partition coefficient (Wildman–Crippen LogP) is 1.52. The third-order valence-corrected chi connectivity index (χ3v) is 3.56. The third-order valence-electron chi connectivity index (χ3n) is 3.56. The Morgan fingerprint density at radius 2 is 2.05 bits per heavy atom. The summed E-state index contributed by atoms with van der Waals surface area (Å²) in [5.74, 6) is -0.997. The van der Waals surface area contributed by atoms with E-state index in [2.05, 4.69) is 10.1 Å². The van der Waals surface area contributed by atoms with Gasteiger partial charge in [-0.05, 0) is 26.3 Å². The fourth-order valence-corrected chi connectivity index (χ4v) is 2.51. The number of amides is 1. The number of hydrogen-bond acceptors (Lipinski definition) is 4. The van der Waals surface area contributed by atoms with Gasteiger partial charge in [0.05, 0.1) is 16.6 Å². The Balaban J connectivity index is 2.33. The lowest BCUT2D eigenvalue weighted by molar-refractivity contribution is -0.137. The first kappa shape index (κ1) is 15.9. The van der Waals surface area contributed by atoms with Gasteiger partial charge >= 0.3 is 5.97 Å². The number of nitrogens with zero attached hydrogens (tertiary/aromatic N) is 4. The number of carbonyl (C=O) groups is 2. The van der Waals surface area contributed by atoms with Crippen LogP contribution in [-0.2, 0) is 11.8 Å². The smallest absolute Gasteiger partial charge is 0.303 e. The van der Waals surface area contributed by atoms with Crippen molar-refractivity contribution in [1.29, 1.82) is 0 Å². The van der Waals surface area contributed by atoms with Crippen LogP contribution in [0.2, 0.25) is 0 Å². The Kier molecular flexibility index (Phi) is 4.44. The van der Waals surface area contributed by atoms with Crippen molar-refractivity contribution in [3.63, 3.8) is 0 Å². The van der Waals surface area contributed by atoms with E-state index in [1.165, 1.54) is 0 Å². The molecule has 0 aliphatic heterocycles. The van der Waals surface area contributed by atoms with E-state index in [9.17, 15) is 9.59 Å². The SMILES string of the molecule is Cc1cc(C(=O)N(C)CCCC(=O)O)c2c(C)nn(C)c2n1. The number of fused-ring (bicyclic) bond motifs is 1. The molecule has 22 heavy (non-hydrogen) atoms. The van der Waals surface area contributed by atoms with Gasteiger partial charge in [-0.25, -0.2) is 4.98 Å². The van der Waals surface area contributed by atoms with Crippen molar-refractivity contribution in [1.82, 2.24) is 19.7 Å². The Labute approximate surface area is 128 Å². The number of pyridine rings is 1. The molecule has 0 radical (unpaired) electrons. The van der Waals surface area contributed by atoms with Crippen LogP contribution in [0.3, 0.4) is 0 Å². The zero-order chi connectivity index (χ0) is 16.4. The minimum Gasteiger partial charge on any atom is -0.481 e. The molecule has 0 unspecified atom stereocenters. The van der Waals surface area contributed by atoms with Gasteiger partial charge in [-0.3, -0.25) is 14.3 Å². The summed E-state index contributed by atoms with van der Waals surface area (Å²) in [7, 11) is 3.48. The van der Waals surface area contributed by atoms with Crippen molar-refractivity contribution in [2.45, 2.75) is 26.7 Å². The summed E-state index contributed by atoms with van der Waals surface area (Å²) >= 11 is 0. The molecule has 2 heterocycles. The first-order valence-electron chi connectivity index (χ1n) is 7.09. The molecule has 2 rings (SSSR count). The molecule has 0 atom stereocenters. The van der Waals surface area contributed by atoms with Gasteiger partial charge in [-0.2, -0.15) is 5.10 Å². The zero-order valence-electron chi connectivity index (χ0n) is 13.3. The van der Waals surface area contributed by atoms with Gasteiger partial charge in [0.1, 0.15) is 0 Å². The summed E-state index contributed by atoms with van der Waals surface area (Å²) in [6.45, 7) is 4.08. The van der Waals surface area contributed by atoms with Gasteiger partial charge in [0.25, 0.3) is 5.91 Å².